The van der Waals surface area contributed by atoms with Crippen molar-refractivity contribution in [2.75, 3.05) is 6.26 Å². The van der Waals surface area contributed by atoms with Gasteiger partial charge in [-0.3, -0.25) is 0 Å². The molecule has 2 rings (SSSR count). The predicted molar refractivity (Wildman–Crippen MR) is 53.6 cm³/mol. The maximum atomic E-state index is 5.02. The lowest BCUT2D eigenvalue weighted by atomic mass is 10.4. The molecule has 2 aromatic rings. The fourth-order valence-electron chi connectivity index (χ4n) is 0.894. The van der Waals surface area contributed by atoms with Crippen molar-refractivity contribution in [3.8, 4) is 11.6 Å². The quantitative estimate of drug-likeness (QED) is 0.843. The Labute approximate surface area is 87.2 Å². The van der Waals surface area contributed by atoms with Gasteiger partial charge in [0.25, 0.3) is 5.89 Å². The molecule has 2 heterocycles. The number of rotatable bonds is 2. The maximum Gasteiger partial charge on any atom is 0.275 e. The van der Waals surface area contributed by atoms with E-state index in [1.54, 1.807) is 0 Å². The summed E-state index contributed by atoms with van der Waals surface area (Å²) in [6, 6.07) is 1.89. The first-order valence-corrected chi connectivity index (χ1v) is 5.53. The van der Waals surface area contributed by atoms with E-state index in [2.05, 4.69) is 31.1 Å². The molecule has 0 aromatic carbocycles. The first kappa shape index (κ1) is 8.83. The van der Waals surface area contributed by atoms with Crippen LogP contribution in [0.1, 0.15) is 0 Å². The first-order chi connectivity index (χ1) is 6.29. The molecule has 2 aromatic heterocycles. The lowest BCUT2D eigenvalue weighted by Crippen LogP contribution is -1.75. The van der Waals surface area contributed by atoms with Crippen LogP contribution >= 0.6 is 27.7 Å². The van der Waals surface area contributed by atoms with Crippen LogP contribution in [0.4, 0.5) is 0 Å². The van der Waals surface area contributed by atoms with Gasteiger partial charge in [-0.15, -0.1) is 0 Å². The van der Waals surface area contributed by atoms with Crippen molar-refractivity contribution in [2.24, 2.45) is 0 Å². The van der Waals surface area contributed by atoms with Crippen molar-refractivity contribution in [1.29, 1.82) is 0 Å². The Morgan fingerprint density at radius 3 is 3.00 bits per heavy atom. The van der Waals surface area contributed by atoms with Crippen molar-refractivity contribution in [1.82, 2.24) is 15.1 Å². The van der Waals surface area contributed by atoms with Gasteiger partial charge in [-0.25, -0.2) is 0 Å². The lowest BCUT2D eigenvalue weighted by Gasteiger charge is -1.83. The maximum absolute atomic E-state index is 5.02. The highest BCUT2D eigenvalue weighted by Crippen LogP contribution is 2.21. The van der Waals surface area contributed by atoms with Crippen LogP contribution < -0.4 is 0 Å². The molecule has 4 nitrogen and oxygen atoms in total. The van der Waals surface area contributed by atoms with Crippen LogP contribution in [0.15, 0.2) is 26.4 Å². The number of halogens is 1. The van der Waals surface area contributed by atoms with E-state index in [1.165, 1.54) is 11.8 Å². The molecule has 0 atom stereocenters. The first-order valence-electron chi connectivity index (χ1n) is 3.51. The Balaban J connectivity index is 2.35. The van der Waals surface area contributed by atoms with Gasteiger partial charge >= 0.3 is 0 Å². The zero-order chi connectivity index (χ0) is 9.26. The Kier molecular flexibility index (Phi) is 2.41. The summed E-state index contributed by atoms with van der Waals surface area (Å²) in [4.78, 5) is 7.15. The molecule has 6 heteroatoms. The van der Waals surface area contributed by atoms with Crippen LogP contribution in [-0.2, 0) is 0 Å². The van der Waals surface area contributed by atoms with Gasteiger partial charge in [0.2, 0.25) is 5.16 Å². The summed E-state index contributed by atoms with van der Waals surface area (Å²) in [6.07, 6.45) is 3.72. The van der Waals surface area contributed by atoms with Gasteiger partial charge in [-0.05, 0) is 33.4 Å². The number of hydrogen-bond donors (Lipinski definition) is 1. The monoisotopic (exact) mass is 259 g/mol. The van der Waals surface area contributed by atoms with Gasteiger partial charge < -0.3 is 9.51 Å². The van der Waals surface area contributed by atoms with Gasteiger partial charge in [0.1, 0.15) is 5.69 Å². The van der Waals surface area contributed by atoms with E-state index in [-0.39, 0.29) is 0 Å². The zero-order valence-corrected chi connectivity index (χ0v) is 9.15. The van der Waals surface area contributed by atoms with E-state index >= 15 is 0 Å². The number of aromatic amines is 1. The molecule has 0 spiro atoms. The van der Waals surface area contributed by atoms with Crippen molar-refractivity contribution in [3.05, 3.63) is 16.7 Å². The Morgan fingerprint density at radius 2 is 2.46 bits per heavy atom. The molecule has 68 valence electrons. The number of hydrogen-bond acceptors (Lipinski definition) is 4. The van der Waals surface area contributed by atoms with Crippen LogP contribution in [0, 0.1) is 0 Å². The van der Waals surface area contributed by atoms with Crippen LogP contribution in [0.5, 0.6) is 0 Å². The zero-order valence-electron chi connectivity index (χ0n) is 6.74. The second-order valence-electron chi connectivity index (χ2n) is 2.32. The summed E-state index contributed by atoms with van der Waals surface area (Å²) >= 11 is 4.78. The Morgan fingerprint density at radius 1 is 1.62 bits per heavy atom. The van der Waals surface area contributed by atoms with E-state index in [9.17, 15) is 0 Å². The van der Waals surface area contributed by atoms with E-state index in [1.807, 2.05) is 18.5 Å². The molecule has 0 aliphatic heterocycles. The highest BCUT2D eigenvalue weighted by Gasteiger charge is 2.08. The molecule has 0 bridgehead atoms. The van der Waals surface area contributed by atoms with Gasteiger partial charge in [0.15, 0.2) is 0 Å². The number of aromatic nitrogens is 3. The average molecular weight is 260 g/mol. The molecular weight excluding hydrogens is 254 g/mol. The summed E-state index contributed by atoms with van der Waals surface area (Å²) in [5.74, 6) is 0.509. The number of nitrogens with one attached hydrogen (secondary N) is 1. The summed E-state index contributed by atoms with van der Waals surface area (Å²) in [5.41, 5.74) is 0.819. The fraction of sp³-hybridized carbons (Fsp3) is 0.143. The minimum Gasteiger partial charge on any atom is -0.356 e. The van der Waals surface area contributed by atoms with E-state index < -0.39 is 0 Å². The van der Waals surface area contributed by atoms with Gasteiger partial charge in [0.05, 0.1) is 0 Å². The molecular formula is C7H6BrN3OS. The molecule has 0 amide bonds. The summed E-state index contributed by atoms with van der Waals surface area (Å²) < 4.78 is 5.99. The van der Waals surface area contributed by atoms with E-state index in [0.29, 0.717) is 11.0 Å². The minimum atomic E-state index is 0.509. The van der Waals surface area contributed by atoms with Gasteiger partial charge in [0, 0.05) is 10.7 Å². The third-order valence-corrected chi connectivity index (χ3v) is 2.46. The van der Waals surface area contributed by atoms with Crippen LogP contribution in [0.2, 0.25) is 0 Å². The topological polar surface area (TPSA) is 54.7 Å². The van der Waals surface area contributed by atoms with Crippen LogP contribution in [-0.4, -0.2) is 21.4 Å². The van der Waals surface area contributed by atoms with E-state index in [4.69, 9.17) is 4.52 Å². The standard InChI is InChI=1S/C7H6BrN3OS/c1-13-7-10-6(12-11-7)5-2-4(8)3-9-5/h2-3,9H,1H3. The third kappa shape index (κ3) is 1.78. The highest BCUT2D eigenvalue weighted by atomic mass is 79.9. The molecule has 1 N–H and O–H groups in total. The SMILES string of the molecule is CSc1noc(-c2cc(Br)c[nH]2)n1. The lowest BCUT2D eigenvalue weighted by molar-refractivity contribution is 0.414. The molecule has 0 aliphatic rings. The molecule has 0 fully saturated rings. The Bertz CT molecular complexity index is 411. The van der Waals surface area contributed by atoms with E-state index in [0.717, 1.165) is 10.2 Å². The summed E-state index contributed by atoms with van der Waals surface area (Å²) in [5, 5.41) is 4.40. The minimum absolute atomic E-state index is 0.509. The smallest absolute Gasteiger partial charge is 0.275 e. The normalized spacial score (nSPS) is 10.6. The van der Waals surface area contributed by atoms with Gasteiger partial charge in [-0.1, -0.05) is 11.8 Å². The Hall–Kier alpha value is -0.750. The molecule has 0 aliphatic carbocycles. The second kappa shape index (κ2) is 3.55. The summed E-state index contributed by atoms with van der Waals surface area (Å²) in [6.45, 7) is 0. The third-order valence-electron chi connectivity index (χ3n) is 1.47. The van der Waals surface area contributed by atoms with Crippen molar-refractivity contribution >= 4 is 27.7 Å². The van der Waals surface area contributed by atoms with Gasteiger partial charge in [-0.2, -0.15) is 4.98 Å². The predicted octanol–water partition coefficient (Wildman–Crippen LogP) is 2.55. The molecule has 0 saturated carbocycles. The highest BCUT2D eigenvalue weighted by molar-refractivity contribution is 9.10. The number of thioether (sulfide) groups is 1. The van der Waals surface area contributed by atoms with Crippen LogP contribution in [0.3, 0.4) is 0 Å². The molecule has 13 heavy (non-hydrogen) atoms. The summed E-state index contributed by atoms with van der Waals surface area (Å²) in [7, 11) is 0. The number of nitrogens with zero attached hydrogens (tertiary/aromatic N) is 2. The van der Waals surface area contributed by atoms with Crippen molar-refractivity contribution < 1.29 is 4.52 Å². The second-order valence-corrected chi connectivity index (χ2v) is 4.01. The van der Waals surface area contributed by atoms with Crippen molar-refractivity contribution in [3.63, 3.8) is 0 Å². The van der Waals surface area contributed by atoms with Crippen molar-refractivity contribution in [2.45, 2.75) is 5.16 Å². The molecule has 0 unspecified atom stereocenters. The molecule has 0 radical (unpaired) electrons. The molecule has 0 saturated heterocycles. The average Bonchev–Trinajstić information content (AvgIpc) is 2.71. The fourth-order valence-corrected chi connectivity index (χ4v) is 1.52. The van der Waals surface area contributed by atoms with Crippen LogP contribution in [0.25, 0.3) is 11.6 Å². The largest absolute Gasteiger partial charge is 0.356 e. The number of H-pyrrole nitrogens is 1.